The third-order valence-corrected chi connectivity index (χ3v) is 2.19. The Labute approximate surface area is 82.6 Å². The lowest BCUT2D eigenvalue weighted by Gasteiger charge is -2.09. The number of nitrogens with zero attached hydrogens (tertiary/aromatic N) is 4. The van der Waals surface area contributed by atoms with E-state index in [2.05, 4.69) is 34.6 Å². The van der Waals surface area contributed by atoms with Crippen LogP contribution in [0.25, 0.3) is 0 Å². The number of rotatable bonds is 3. The van der Waals surface area contributed by atoms with Gasteiger partial charge >= 0.3 is 0 Å². The van der Waals surface area contributed by atoms with Crippen molar-refractivity contribution >= 4 is 0 Å². The van der Waals surface area contributed by atoms with E-state index in [1.807, 2.05) is 18.2 Å². The fraction of sp³-hybridized carbons (Fsp3) is 0.300. The Morgan fingerprint density at radius 1 is 1.29 bits per heavy atom. The lowest BCUT2D eigenvalue weighted by molar-refractivity contribution is 0.474. The first kappa shape index (κ1) is 8.87. The zero-order valence-electron chi connectivity index (χ0n) is 8.04. The molecule has 0 spiro atoms. The highest BCUT2D eigenvalue weighted by molar-refractivity contribution is 5.15. The number of tetrazole rings is 1. The van der Waals surface area contributed by atoms with Crippen LogP contribution in [0.5, 0.6) is 0 Å². The number of hydrogen-bond acceptors (Lipinski definition) is 3. The van der Waals surface area contributed by atoms with Gasteiger partial charge in [-0.3, -0.25) is 0 Å². The lowest BCUT2D eigenvalue weighted by atomic mass is 10.1. The van der Waals surface area contributed by atoms with Crippen LogP contribution in [0.4, 0.5) is 0 Å². The summed E-state index contributed by atoms with van der Waals surface area (Å²) in [6.07, 6.45) is 2.60. The van der Waals surface area contributed by atoms with Crippen molar-refractivity contribution in [3.8, 4) is 0 Å². The second-order valence-corrected chi connectivity index (χ2v) is 3.33. The Morgan fingerprint density at radius 2 is 2.07 bits per heavy atom. The summed E-state index contributed by atoms with van der Waals surface area (Å²) in [4.78, 5) is 0. The molecule has 0 fully saturated rings. The molecule has 4 heteroatoms. The molecular formula is C10H12N4. The molecule has 0 aliphatic carbocycles. The van der Waals surface area contributed by atoms with E-state index in [1.54, 1.807) is 11.0 Å². The van der Waals surface area contributed by atoms with Crippen molar-refractivity contribution in [2.24, 2.45) is 0 Å². The minimum Gasteiger partial charge on any atom is -0.229 e. The molecule has 1 atom stereocenters. The van der Waals surface area contributed by atoms with Gasteiger partial charge in [-0.05, 0) is 29.3 Å². The molecule has 0 amide bonds. The topological polar surface area (TPSA) is 43.6 Å². The fourth-order valence-corrected chi connectivity index (χ4v) is 1.42. The molecule has 4 nitrogen and oxygen atoms in total. The fourth-order valence-electron chi connectivity index (χ4n) is 1.42. The van der Waals surface area contributed by atoms with Gasteiger partial charge in [0.1, 0.15) is 6.33 Å². The van der Waals surface area contributed by atoms with Crippen LogP contribution in [0.2, 0.25) is 0 Å². The Morgan fingerprint density at radius 3 is 2.71 bits per heavy atom. The normalized spacial score (nSPS) is 12.6. The van der Waals surface area contributed by atoms with Crippen LogP contribution in [0.15, 0.2) is 36.7 Å². The first-order valence-electron chi connectivity index (χ1n) is 4.62. The van der Waals surface area contributed by atoms with Crippen molar-refractivity contribution in [1.82, 2.24) is 20.2 Å². The molecule has 2 aromatic rings. The van der Waals surface area contributed by atoms with Gasteiger partial charge in [-0.1, -0.05) is 30.3 Å². The Balaban J connectivity index is 2.06. The molecule has 0 N–H and O–H groups in total. The van der Waals surface area contributed by atoms with Crippen LogP contribution in [-0.2, 0) is 6.42 Å². The van der Waals surface area contributed by atoms with E-state index in [-0.39, 0.29) is 0 Å². The minimum absolute atomic E-state index is 0.299. The lowest BCUT2D eigenvalue weighted by Crippen LogP contribution is -2.08. The van der Waals surface area contributed by atoms with Crippen LogP contribution in [0.1, 0.15) is 18.5 Å². The largest absolute Gasteiger partial charge is 0.229 e. The van der Waals surface area contributed by atoms with Crippen molar-refractivity contribution < 1.29 is 0 Å². The molecule has 0 aliphatic rings. The summed E-state index contributed by atoms with van der Waals surface area (Å²) in [6, 6.07) is 10.6. The van der Waals surface area contributed by atoms with Crippen molar-refractivity contribution in [3.63, 3.8) is 0 Å². The second-order valence-electron chi connectivity index (χ2n) is 3.33. The highest BCUT2D eigenvalue weighted by Crippen LogP contribution is 2.10. The van der Waals surface area contributed by atoms with Gasteiger partial charge in [-0.25, -0.2) is 4.68 Å². The van der Waals surface area contributed by atoms with Gasteiger partial charge in [-0.2, -0.15) is 0 Å². The molecule has 1 unspecified atom stereocenters. The first-order chi connectivity index (χ1) is 6.86. The Hall–Kier alpha value is -1.71. The number of aromatic nitrogens is 4. The van der Waals surface area contributed by atoms with Crippen molar-refractivity contribution in [2.45, 2.75) is 19.4 Å². The maximum atomic E-state index is 3.87. The molecule has 72 valence electrons. The van der Waals surface area contributed by atoms with Gasteiger partial charge < -0.3 is 0 Å². The number of hydrogen-bond donors (Lipinski definition) is 0. The van der Waals surface area contributed by atoms with Crippen LogP contribution in [0.3, 0.4) is 0 Å². The van der Waals surface area contributed by atoms with Crippen molar-refractivity contribution in [1.29, 1.82) is 0 Å². The zero-order valence-corrected chi connectivity index (χ0v) is 8.04. The van der Waals surface area contributed by atoms with Crippen molar-refractivity contribution in [2.75, 3.05) is 0 Å². The highest BCUT2D eigenvalue weighted by Gasteiger charge is 2.05. The summed E-state index contributed by atoms with van der Waals surface area (Å²) in [5, 5.41) is 11.1. The summed E-state index contributed by atoms with van der Waals surface area (Å²) in [6.45, 7) is 2.10. The molecule has 0 saturated carbocycles. The molecule has 1 heterocycles. The van der Waals surface area contributed by atoms with Crippen LogP contribution in [-0.4, -0.2) is 20.2 Å². The van der Waals surface area contributed by atoms with E-state index < -0.39 is 0 Å². The molecule has 0 aliphatic heterocycles. The Bertz CT molecular complexity index is 368. The predicted molar refractivity (Wildman–Crippen MR) is 52.7 cm³/mol. The quantitative estimate of drug-likeness (QED) is 0.732. The summed E-state index contributed by atoms with van der Waals surface area (Å²) in [5.41, 5.74) is 1.30. The van der Waals surface area contributed by atoms with Crippen LogP contribution < -0.4 is 0 Å². The summed E-state index contributed by atoms with van der Waals surface area (Å²) in [5.74, 6) is 0. The van der Waals surface area contributed by atoms with E-state index in [0.717, 1.165) is 6.42 Å². The van der Waals surface area contributed by atoms with Crippen LogP contribution >= 0.6 is 0 Å². The first-order valence-corrected chi connectivity index (χ1v) is 4.62. The molecule has 2 rings (SSSR count). The van der Waals surface area contributed by atoms with E-state index in [1.165, 1.54) is 5.56 Å². The molecule has 0 saturated heterocycles. The Kier molecular flexibility index (Phi) is 2.53. The molecule has 14 heavy (non-hydrogen) atoms. The van der Waals surface area contributed by atoms with Gasteiger partial charge in [0, 0.05) is 0 Å². The minimum atomic E-state index is 0.299. The molecular weight excluding hydrogens is 176 g/mol. The van der Waals surface area contributed by atoms with E-state index in [0.29, 0.717) is 6.04 Å². The van der Waals surface area contributed by atoms with Crippen molar-refractivity contribution in [3.05, 3.63) is 42.2 Å². The molecule has 1 aromatic heterocycles. The average Bonchev–Trinajstić information content (AvgIpc) is 2.72. The molecule has 0 radical (unpaired) electrons. The van der Waals surface area contributed by atoms with E-state index >= 15 is 0 Å². The maximum absolute atomic E-state index is 3.87. The summed E-state index contributed by atoms with van der Waals surface area (Å²) < 4.78 is 1.77. The van der Waals surface area contributed by atoms with E-state index in [4.69, 9.17) is 0 Å². The monoisotopic (exact) mass is 188 g/mol. The van der Waals surface area contributed by atoms with Gasteiger partial charge in [0.25, 0.3) is 0 Å². The zero-order chi connectivity index (χ0) is 9.80. The molecule has 1 aromatic carbocycles. The summed E-state index contributed by atoms with van der Waals surface area (Å²) >= 11 is 0. The summed E-state index contributed by atoms with van der Waals surface area (Å²) in [7, 11) is 0. The smallest absolute Gasteiger partial charge is 0.138 e. The SMILES string of the molecule is CC(Cc1ccccc1)n1cnnn1. The third-order valence-electron chi connectivity index (χ3n) is 2.19. The maximum Gasteiger partial charge on any atom is 0.138 e. The van der Waals surface area contributed by atoms with E-state index in [9.17, 15) is 0 Å². The number of benzene rings is 1. The second kappa shape index (κ2) is 4.00. The third kappa shape index (κ3) is 1.96. The predicted octanol–water partition coefficient (Wildman–Crippen LogP) is 1.48. The van der Waals surface area contributed by atoms with Gasteiger partial charge in [0.15, 0.2) is 0 Å². The molecule has 0 bridgehead atoms. The highest BCUT2D eigenvalue weighted by atomic mass is 15.5. The van der Waals surface area contributed by atoms with Crippen LogP contribution in [0, 0.1) is 0 Å². The van der Waals surface area contributed by atoms with Gasteiger partial charge in [0.2, 0.25) is 0 Å². The van der Waals surface area contributed by atoms with Gasteiger partial charge in [-0.15, -0.1) is 5.10 Å². The van der Waals surface area contributed by atoms with Gasteiger partial charge in [0.05, 0.1) is 6.04 Å². The standard InChI is InChI=1S/C10H12N4/c1-9(14-8-11-12-13-14)7-10-5-3-2-4-6-10/h2-6,8-9H,7H2,1H3. The average molecular weight is 188 g/mol.